The molecule has 0 unspecified atom stereocenters. The van der Waals surface area contributed by atoms with Crippen LogP contribution in [-0.4, -0.2) is 72.0 Å². The van der Waals surface area contributed by atoms with Crippen LogP contribution in [0.15, 0.2) is 48.8 Å². The van der Waals surface area contributed by atoms with Crippen LogP contribution >= 0.6 is 0 Å². The standard InChI is InChI=1S/C27H36N4O2/c1-3-31-16-12-27(25(31)32)21-30(19-23-5-4-13-28-17-23)20-26(27)10-14-29(15-11-26)18-22-6-8-24(33-2)9-7-22/h4-9,13,17H,3,10-12,14-16,18-21H2,1-2H3/t27-/m1/s1. The number of piperidine rings is 1. The van der Waals surface area contributed by atoms with Gasteiger partial charge < -0.3 is 9.64 Å². The molecule has 3 aliphatic rings. The van der Waals surface area contributed by atoms with Crippen LogP contribution in [0.5, 0.6) is 5.75 Å². The fourth-order valence-electron chi connectivity index (χ4n) is 6.59. The van der Waals surface area contributed by atoms with Crippen LogP contribution in [0, 0.1) is 10.8 Å². The molecule has 3 fully saturated rings. The van der Waals surface area contributed by atoms with Gasteiger partial charge in [-0.1, -0.05) is 18.2 Å². The Balaban J connectivity index is 1.32. The molecule has 5 rings (SSSR count). The second kappa shape index (κ2) is 9.07. The molecule has 1 aromatic carbocycles. The molecule has 4 heterocycles. The molecule has 6 heteroatoms. The number of hydrogen-bond acceptors (Lipinski definition) is 5. The molecule has 3 aliphatic heterocycles. The highest BCUT2D eigenvalue weighted by molar-refractivity contribution is 5.86. The fraction of sp³-hybridized carbons (Fsp3) is 0.556. The number of hydrogen-bond donors (Lipinski definition) is 0. The summed E-state index contributed by atoms with van der Waals surface area (Å²) in [5, 5.41) is 0. The molecule has 1 aromatic heterocycles. The summed E-state index contributed by atoms with van der Waals surface area (Å²) in [6.45, 7) is 9.69. The average Bonchev–Trinajstić information content (AvgIpc) is 3.33. The lowest BCUT2D eigenvalue weighted by Crippen LogP contribution is -2.52. The SMILES string of the molecule is CCN1CC[C@@]2(CN(Cc3cccnc3)CC23CCN(Cc2ccc(OC)cc2)CC3)C1=O. The Bertz CT molecular complexity index is 956. The largest absolute Gasteiger partial charge is 0.497 e. The van der Waals surface area contributed by atoms with E-state index in [1.165, 1.54) is 11.1 Å². The van der Waals surface area contributed by atoms with Crippen LogP contribution in [-0.2, 0) is 17.9 Å². The Labute approximate surface area is 197 Å². The van der Waals surface area contributed by atoms with Gasteiger partial charge in [-0.15, -0.1) is 0 Å². The van der Waals surface area contributed by atoms with Gasteiger partial charge in [-0.25, -0.2) is 0 Å². The maximum Gasteiger partial charge on any atom is 0.230 e. The van der Waals surface area contributed by atoms with Gasteiger partial charge in [0.25, 0.3) is 0 Å². The second-order valence-electron chi connectivity index (χ2n) is 10.1. The van der Waals surface area contributed by atoms with E-state index >= 15 is 0 Å². The summed E-state index contributed by atoms with van der Waals surface area (Å²) in [6.07, 6.45) is 6.98. The minimum Gasteiger partial charge on any atom is -0.497 e. The first-order valence-electron chi connectivity index (χ1n) is 12.3. The number of pyridine rings is 1. The molecule has 0 N–H and O–H groups in total. The van der Waals surface area contributed by atoms with Gasteiger partial charge in [0.15, 0.2) is 0 Å². The zero-order valence-corrected chi connectivity index (χ0v) is 20.0. The highest BCUT2D eigenvalue weighted by Gasteiger charge is 2.64. The third-order valence-electron chi connectivity index (χ3n) is 8.43. The summed E-state index contributed by atoms with van der Waals surface area (Å²) in [6, 6.07) is 12.6. The van der Waals surface area contributed by atoms with E-state index in [4.69, 9.17) is 4.74 Å². The smallest absolute Gasteiger partial charge is 0.230 e. The van der Waals surface area contributed by atoms with Gasteiger partial charge in [0.1, 0.15) is 5.75 Å². The Morgan fingerprint density at radius 2 is 1.70 bits per heavy atom. The number of carbonyl (C=O) groups excluding carboxylic acids is 1. The Morgan fingerprint density at radius 3 is 2.33 bits per heavy atom. The Morgan fingerprint density at radius 1 is 0.939 bits per heavy atom. The van der Waals surface area contributed by atoms with E-state index in [0.29, 0.717) is 5.91 Å². The van der Waals surface area contributed by atoms with E-state index in [0.717, 1.165) is 77.4 Å². The van der Waals surface area contributed by atoms with E-state index in [1.54, 1.807) is 7.11 Å². The lowest BCUT2D eigenvalue weighted by atomic mass is 9.60. The van der Waals surface area contributed by atoms with Crippen molar-refractivity contribution in [3.8, 4) is 5.75 Å². The summed E-state index contributed by atoms with van der Waals surface area (Å²) in [5.41, 5.74) is 2.41. The number of methoxy groups -OCH3 is 1. The molecule has 3 saturated heterocycles. The highest BCUT2D eigenvalue weighted by atomic mass is 16.5. The number of carbonyl (C=O) groups is 1. The van der Waals surface area contributed by atoms with Gasteiger partial charge in [-0.2, -0.15) is 0 Å². The summed E-state index contributed by atoms with van der Waals surface area (Å²) in [4.78, 5) is 25.2. The van der Waals surface area contributed by atoms with Crippen molar-refractivity contribution in [2.75, 3.05) is 46.4 Å². The number of likely N-dealkylation sites (tertiary alicyclic amines) is 3. The van der Waals surface area contributed by atoms with Gasteiger partial charge in [0, 0.05) is 57.1 Å². The van der Waals surface area contributed by atoms with E-state index < -0.39 is 0 Å². The monoisotopic (exact) mass is 448 g/mol. The quantitative estimate of drug-likeness (QED) is 0.678. The summed E-state index contributed by atoms with van der Waals surface area (Å²) >= 11 is 0. The molecule has 2 aromatic rings. The van der Waals surface area contributed by atoms with Gasteiger partial charge in [-0.05, 0) is 68.6 Å². The number of rotatable bonds is 6. The summed E-state index contributed by atoms with van der Waals surface area (Å²) < 4.78 is 5.30. The van der Waals surface area contributed by atoms with Crippen molar-refractivity contribution in [1.29, 1.82) is 0 Å². The number of benzene rings is 1. The van der Waals surface area contributed by atoms with Crippen LogP contribution in [0.1, 0.15) is 37.3 Å². The van der Waals surface area contributed by atoms with E-state index in [9.17, 15) is 4.79 Å². The second-order valence-corrected chi connectivity index (χ2v) is 10.1. The van der Waals surface area contributed by atoms with E-state index in [2.05, 4.69) is 44.8 Å². The molecule has 6 nitrogen and oxygen atoms in total. The van der Waals surface area contributed by atoms with Crippen molar-refractivity contribution >= 4 is 5.91 Å². The van der Waals surface area contributed by atoms with Gasteiger partial charge >= 0.3 is 0 Å². The molecule has 1 atom stereocenters. The van der Waals surface area contributed by atoms with Crippen molar-refractivity contribution < 1.29 is 9.53 Å². The predicted molar refractivity (Wildman–Crippen MR) is 129 cm³/mol. The third kappa shape index (κ3) is 4.04. The average molecular weight is 449 g/mol. The zero-order chi connectivity index (χ0) is 22.9. The zero-order valence-electron chi connectivity index (χ0n) is 20.0. The van der Waals surface area contributed by atoms with Gasteiger partial charge in [0.05, 0.1) is 12.5 Å². The van der Waals surface area contributed by atoms with Crippen molar-refractivity contribution in [3.63, 3.8) is 0 Å². The third-order valence-corrected chi connectivity index (χ3v) is 8.43. The topological polar surface area (TPSA) is 48.9 Å². The fourth-order valence-corrected chi connectivity index (χ4v) is 6.59. The molecular formula is C27H36N4O2. The molecular weight excluding hydrogens is 412 g/mol. The first-order valence-corrected chi connectivity index (χ1v) is 12.3. The van der Waals surface area contributed by atoms with Crippen LogP contribution < -0.4 is 4.74 Å². The Hall–Kier alpha value is -2.44. The lowest BCUT2D eigenvalue weighted by Gasteiger charge is -2.47. The van der Waals surface area contributed by atoms with Crippen molar-refractivity contribution in [1.82, 2.24) is 19.7 Å². The van der Waals surface area contributed by atoms with E-state index in [1.807, 2.05) is 30.6 Å². The van der Waals surface area contributed by atoms with Crippen LogP contribution in [0.3, 0.4) is 0 Å². The van der Waals surface area contributed by atoms with Crippen molar-refractivity contribution in [3.05, 3.63) is 59.9 Å². The maximum atomic E-state index is 13.7. The number of fused-ring (bicyclic) bond motifs is 1. The minimum absolute atomic E-state index is 0.0760. The molecule has 2 spiro atoms. The number of nitrogens with zero attached hydrogens (tertiary/aromatic N) is 4. The van der Waals surface area contributed by atoms with Crippen molar-refractivity contribution in [2.24, 2.45) is 10.8 Å². The number of ether oxygens (including phenoxy) is 1. The predicted octanol–water partition coefficient (Wildman–Crippen LogP) is 3.43. The molecule has 1 amide bonds. The molecule has 0 aliphatic carbocycles. The number of aromatic nitrogens is 1. The lowest BCUT2D eigenvalue weighted by molar-refractivity contribution is -0.142. The van der Waals surface area contributed by atoms with Crippen LogP contribution in [0.2, 0.25) is 0 Å². The normalized spacial score (nSPS) is 25.4. The first-order chi connectivity index (χ1) is 16.1. The molecule has 176 valence electrons. The highest BCUT2D eigenvalue weighted by Crippen LogP contribution is 2.58. The summed E-state index contributed by atoms with van der Waals surface area (Å²) in [7, 11) is 1.71. The van der Waals surface area contributed by atoms with Gasteiger partial charge in [-0.3, -0.25) is 19.6 Å². The van der Waals surface area contributed by atoms with Crippen LogP contribution in [0.4, 0.5) is 0 Å². The molecule has 33 heavy (non-hydrogen) atoms. The molecule has 0 bridgehead atoms. The summed E-state index contributed by atoms with van der Waals surface area (Å²) in [5.74, 6) is 1.31. The maximum absolute atomic E-state index is 13.7. The van der Waals surface area contributed by atoms with Crippen molar-refractivity contribution in [2.45, 2.75) is 39.3 Å². The minimum atomic E-state index is -0.225. The number of amides is 1. The van der Waals surface area contributed by atoms with Gasteiger partial charge in [0.2, 0.25) is 5.91 Å². The Kier molecular flexibility index (Phi) is 6.14. The first kappa shape index (κ1) is 22.4. The molecule has 0 saturated carbocycles. The molecule has 0 radical (unpaired) electrons. The van der Waals surface area contributed by atoms with Crippen LogP contribution in [0.25, 0.3) is 0 Å². The van der Waals surface area contributed by atoms with E-state index in [-0.39, 0.29) is 10.8 Å².